The van der Waals surface area contributed by atoms with E-state index < -0.39 is 0 Å². The Labute approximate surface area is 148 Å². The zero-order chi connectivity index (χ0) is 16.9. The lowest BCUT2D eigenvalue weighted by Crippen LogP contribution is -2.52. The second-order valence-corrected chi connectivity index (χ2v) is 6.39. The highest BCUT2D eigenvalue weighted by Gasteiger charge is 2.21. The fourth-order valence-electron chi connectivity index (χ4n) is 2.96. The maximum Gasteiger partial charge on any atom is 0.169 e. The summed E-state index contributed by atoms with van der Waals surface area (Å²) in [6.45, 7) is 5.23. The van der Waals surface area contributed by atoms with E-state index in [2.05, 4.69) is 34.2 Å². The monoisotopic (exact) mass is 343 g/mol. The fourth-order valence-corrected chi connectivity index (χ4v) is 3.32. The third-order valence-corrected chi connectivity index (χ3v) is 4.78. The van der Waals surface area contributed by atoms with Crippen LogP contribution >= 0.6 is 12.2 Å². The van der Waals surface area contributed by atoms with Gasteiger partial charge >= 0.3 is 0 Å². The minimum Gasteiger partial charge on any atom is -0.366 e. The Morgan fingerprint density at radius 3 is 2.29 bits per heavy atom. The molecule has 1 fully saturated rings. The summed E-state index contributed by atoms with van der Waals surface area (Å²) in [6, 6.07) is 17.4. The average molecular weight is 343 g/mol. The van der Waals surface area contributed by atoms with E-state index in [0.29, 0.717) is 5.69 Å². The normalized spacial score (nSPS) is 15.9. The molecule has 24 heavy (non-hydrogen) atoms. The third-order valence-electron chi connectivity index (χ3n) is 4.40. The molecule has 0 bridgehead atoms. The van der Waals surface area contributed by atoms with Crippen molar-refractivity contribution in [2.75, 3.05) is 31.1 Å². The predicted octanol–water partition coefficient (Wildman–Crippen LogP) is 3.58. The highest BCUT2D eigenvalue weighted by molar-refractivity contribution is 7.80. The topological polar surface area (TPSA) is 18.5 Å². The summed E-state index contributed by atoms with van der Waals surface area (Å²) in [5.74, 6) is -0.163. The van der Waals surface area contributed by atoms with Crippen molar-refractivity contribution in [3.05, 3.63) is 66.0 Å². The van der Waals surface area contributed by atoms with Crippen molar-refractivity contribution in [2.45, 2.75) is 13.0 Å². The second kappa shape index (κ2) is 7.62. The Morgan fingerprint density at radius 1 is 1.00 bits per heavy atom. The highest BCUT2D eigenvalue weighted by atomic mass is 32.1. The lowest BCUT2D eigenvalue weighted by atomic mass is 10.1. The zero-order valence-corrected chi connectivity index (χ0v) is 14.6. The molecular weight excluding hydrogens is 321 g/mol. The summed E-state index contributed by atoms with van der Waals surface area (Å²) < 4.78 is 13.9. The SMILES string of the molecule is C[C@@H](NC(=S)N1CCN(c2ccccc2F)CC1)c1ccccc1. The van der Waals surface area contributed by atoms with Crippen LogP contribution in [0.25, 0.3) is 0 Å². The molecule has 3 nitrogen and oxygen atoms in total. The van der Waals surface area contributed by atoms with Gasteiger partial charge in [0.05, 0.1) is 11.7 Å². The number of hydrogen-bond donors (Lipinski definition) is 1. The van der Waals surface area contributed by atoms with Crippen LogP contribution in [0.4, 0.5) is 10.1 Å². The predicted molar refractivity (Wildman–Crippen MR) is 101 cm³/mol. The molecule has 0 amide bonds. The highest BCUT2D eigenvalue weighted by Crippen LogP contribution is 2.20. The standard InChI is InChI=1S/C19H22FN3S/c1-15(16-7-3-2-4-8-16)21-19(24)23-13-11-22(12-14-23)18-10-6-5-9-17(18)20/h2-10,15H,11-14H2,1H3,(H,21,24)/t15-/m1/s1. The van der Waals surface area contributed by atoms with Crippen molar-refractivity contribution >= 4 is 23.0 Å². The van der Waals surface area contributed by atoms with Crippen LogP contribution in [0.15, 0.2) is 54.6 Å². The first-order valence-corrected chi connectivity index (χ1v) is 8.66. The van der Waals surface area contributed by atoms with Crippen LogP contribution in [-0.2, 0) is 0 Å². The molecule has 1 aliphatic heterocycles. The molecule has 1 atom stereocenters. The van der Waals surface area contributed by atoms with Crippen LogP contribution in [0.1, 0.15) is 18.5 Å². The molecule has 0 radical (unpaired) electrons. The summed E-state index contributed by atoms with van der Waals surface area (Å²) in [4.78, 5) is 4.24. The molecule has 0 aromatic heterocycles. The van der Waals surface area contributed by atoms with Gasteiger partial charge in [0.2, 0.25) is 0 Å². The van der Waals surface area contributed by atoms with Gasteiger partial charge < -0.3 is 15.1 Å². The summed E-state index contributed by atoms with van der Waals surface area (Å²) in [5.41, 5.74) is 1.89. The molecule has 1 heterocycles. The quantitative estimate of drug-likeness (QED) is 0.858. The van der Waals surface area contributed by atoms with Crippen LogP contribution in [0, 0.1) is 5.82 Å². The van der Waals surface area contributed by atoms with Gasteiger partial charge in [-0.2, -0.15) is 0 Å². The first-order valence-electron chi connectivity index (χ1n) is 8.25. The van der Waals surface area contributed by atoms with Crippen LogP contribution in [-0.4, -0.2) is 36.2 Å². The molecule has 2 aromatic rings. The molecular formula is C19H22FN3S. The van der Waals surface area contributed by atoms with Gasteiger partial charge in [0.1, 0.15) is 5.82 Å². The van der Waals surface area contributed by atoms with Gasteiger partial charge in [0, 0.05) is 26.2 Å². The van der Waals surface area contributed by atoms with E-state index >= 15 is 0 Å². The Morgan fingerprint density at radius 2 is 1.62 bits per heavy atom. The molecule has 1 saturated heterocycles. The Balaban J connectivity index is 1.55. The first kappa shape index (κ1) is 16.7. The maximum atomic E-state index is 13.9. The molecule has 0 saturated carbocycles. The number of hydrogen-bond acceptors (Lipinski definition) is 2. The van der Waals surface area contributed by atoms with Crippen molar-refractivity contribution < 1.29 is 4.39 Å². The van der Waals surface area contributed by atoms with Gasteiger partial charge in [-0.3, -0.25) is 0 Å². The van der Waals surface area contributed by atoms with Crippen molar-refractivity contribution in [3.8, 4) is 0 Å². The largest absolute Gasteiger partial charge is 0.366 e. The summed E-state index contributed by atoms with van der Waals surface area (Å²) in [6.07, 6.45) is 0. The van der Waals surface area contributed by atoms with Crippen LogP contribution in [0.5, 0.6) is 0 Å². The zero-order valence-electron chi connectivity index (χ0n) is 13.8. The van der Waals surface area contributed by atoms with Crippen molar-refractivity contribution in [2.24, 2.45) is 0 Å². The van der Waals surface area contributed by atoms with E-state index in [1.165, 1.54) is 11.6 Å². The summed E-state index contributed by atoms with van der Waals surface area (Å²) in [7, 11) is 0. The number of thiocarbonyl (C=S) groups is 1. The second-order valence-electron chi connectivity index (χ2n) is 6.01. The van der Waals surface area contributed by atoms with E-state index in [1.54, 1.807) is 6.07 Å². The lowest BCUT2D eigenvalue weighted by Gasteiger charge is -2.38. The molecule has 1 aliphatic rings. The number of nitrogens with zero attached hydrogens (tertiary/aromatic N) is 2. The molecule has 1 N–H and O–H groups in total. The number of nitrogens with one attached hydrogen (secondary N) is 1. The lowest BCUT2D eigenvalue weighted by molar-refractivity contribution is 0.374. The number of anilines is 1. The van der Waals surface area contributed by atoms with Gasteiger partial charge in [-0.25, -0.2) is 4.39 Å². The molecule has 3 rings (SSSR count). The Hall–Kier alpha value is -2.14. The van der Waals surface area contributed by atoms with Gasteiger partial charge in [-0.15, -0.1) is 0 Å². The molecule has 5 heteroatoms. The average Bonchev–Trinajstić information content (AvgIpc) is 2.63. The van der Waals surface area contributed by atoms with Gasteiger partial charge in [0.25, 0.3) is 0 Å². The van der Waals surface area contributed by atoms with Crippen molar-refractivity contribution in [3.63, 3.8) is 0 Å². The fraction of sp³-hybridized carbons (Fsp3) is 0.316. The third kappa shape index (κ3) is 3.85. The van der Waals surface area contributed by atoms with Crippen molar-refractivity contribution in [1.29, 1.82) is 0 Å². The minimum absolute atomic E-state index is 0.163. The first-order chi connectivity index (χ1) is 11.6. The number of benzene rings is 2. The number of halogens is 1. The van der Waals surface area contributed by atoms with Crippen molar-refractivity contribution in [1.82, 2.24) is 10.2 Å². The Bertz CT molecular complexity index is 684. The molecule has 0 aliphatic carbocycles. The summed E-state index contributed by atoms with van der Waals surface area (Å²) >= 11 is 5.55. The smallest absolute Gasteiger partial charge is 0.169 e. The molecule has 0 unspecified atom stereocenters. The van der Waals surface area contributed by atoms with E-state index in [0.717, 1.165) is 31.3 Å². The number of para-hydroxylation sites is 1. The van der Waals surface area contributed by atoms with E-state index in [-0.39, 0.29) is 11.9 Å². The summed E-state index contributed by atoms with van der Waals surface area (Å²) in [5, 5.41) is 4.16. The number of rotatable bonds is 3. The molecule has 126 valence electrons. The van der Waals surface area contributed by atoms with Crippen LogP contribution in [0.2, 0.25) is 0 Å². The van der Waals surface area contributed by atoms with Gasteiger partial charge in [-0.1, -0.05) is 42.5 Å². The Kier molecular flexibility index (Phi) is 5.30. The molecule has 2 aromatic carbocycles. The number of piperazine rings is 1. The van der Waals surface area contributed by atoms with Crippen LogP contribution in [0.3, 0.4) is 0 Å². The minimum atomic E-state index is -0.163. The molecule has 0 spiro atoms. The van der Waals surface area contributed by atoms with Crippen LogP contribution < -0.4 is 10.2 Å². The van der Waals surface area contributed by atoms with E-state index in [4.69, 9.17) is 12.2 Å². The maximum absolute atomic E-state index is 13.9. The van der Waals surface area contributed by atoms with Gasteiger partial charge in [0.15, 0.2) is 5.11 Å². The van der Waals surface area contributed by atoms with E-state index in [1.807, 2.05) is 30.3 Å². The van der Waals surface area contributed by atoms with E-state index in [9.17, 15) is 4.39 Å². The van der Waals surface area contributed by atoms with Gasteiger partial charge in [-0.05, 0) is 36.8 Å².